The summed E-state index contributed by atoms with van der Waals surface area (Å²) in [6.45, 7) is 0.408. The van der Waals surface area contributed by atoms with Crippen molar-refractivity contribution in [3.05, 3.63) is 106 Å². The van der Waals surface area contributed by atoms with Crippen molar-refractivity contribution in [2.75, 3.05) is 6.54 Å². The van der Waals surface area contributed by atoms with Crippen molar-refractivity contribution < 1.29 is 18.4 Å². The van der Waals surface area contributed by atoms with Gasteiger partial charge in [0.05, 0.1) is 17.8 Å². The minimum absolute atomic E-state index is 0.0196. The van der Waals surface area contributed by atoms with Crippen LogP contribution < -0.4 is 0 Å². The summed E-state index contributed by atoms with van der Waals surface area (Å²) in [5, 5.41) is 4.62. The Kier molecular flexibility index (Phi) is 6.28. The Labute approximate surface area is 183 Å². The van der Waals surface area contributed by atoms with Crippen molar-refractivity contribution in [2.24, 2.45) is 5.16 Å². The average molecular weight is 441 g/mol. The van der Waals surface area contributed by atoms with Gasteiger partial charge >= 0.3 is 0 Å². The van der Waals surface area contributed by atoms with Gasteiger partial charge in [-0.1, -0.05) is 53.2 Å². The maximum atomic E-state index is 14.3. The maximum Gasteiger partial charge on any atom is 0.257 e. The highest BCUT2D eigenvalue weighted by molar-refractivity contribution is 6.30. The lowest BCUT2D eigenvalue weighted by atomic mass is 10.0. The van der Waals surface area contributed by atoms with Gasteiger partial charge < -0.3 is 9.74 Å². The van der Waals surface area contributed by atoms with E-state index in [0.29, 0.717) is 22.7 Å². The second-order valence-corrected chi connectivity index (χ2v) is 7.71. The van der Waals surface area contributed by atoms with E-state index in [0.717, 1.165) is 5.56 Å². The predicted molar refractivity (Wildman–Crippen MR) is 115 cm³/mol. The van der Waals surface area contributed by atoms with Gasteiger partial charge in [0.15, 0.2) is 6.10 Å². The molecule has 0 saturated carbocycles. The van der Waals surface area contributed by atoms with Gasteiger partial charge in [0.1, 0.15) is 11.6 Å². The minimum atomic E-state index is -0.590. The summed E-state index contributed by atoms with van der Waals surface area (Å²) in [6, 6.07) is 19.1. The van der Waals surface area contributed by atoms with Gasteiger partial charge in [0.25, 0.3) is 5.91 Å². The number of nitrogens with zero attached hydrogens (tertiary/aromatic N) is 2. The van der Waals surface area contributed by atoms with Crippen LogP contribution in [0, 0.1) is 11.6 Å². The van der Waals surface area contributed by atoms with E-state index in [1.54, 1.807) is 36.4 Å². The van der Waals surface area contributed by atoms with Crippen molar-refractivity contribution in [2.45, 2.75) is 19.1 Å². The molecule has 1 aliphatic rings. The van der Waals surface area contributed by atoms with Crippen LogP contribution in [0.15, 0.2) is 78.0 Å². The second kappa shape index (κ2) is 9.27. The number of halogens is 3. The molecule has 0 N–H and O–H groups in total. The summed E-state index contributed by atoms with van der Waals surface area (Å²) < 4.78 is 27.8. The summed E-state index contributed by atoms with van der Waals surface area (Å²) in [5.41, 5.74) is 2.02. The largest absolute Gasteiger partial charge is 0.390 e. The van der Waals surface area contributed by atoms with Crippen LogP contribution in [0.25, 0.3) is 0 Å². The Hall–Kier alpha value is -3.25. The molecule has 0 saturated heterocycles. The van der Waals surface area contributed by atoms with Crippen LogP contribution in [0.2, 0.25) is 5.02 Å². The lowest BCUT2D eigenvalue weighted by molar-refractivity contribution is 0.0402. The zero-order chi connectivity index (χ0) is 21.8. The quantitative estimate of drug-likeness (QED) is 0.511. The van der Waals surface area contributed by atoms with Crippen molar-refractivity contribution in [3.63, 3.8) is 0 Å². The van der Waals surface area contributed by atoms with Crippen molar-refractivity contribution in [3.8, 4) is 0 Å². The molecule has 0 aliphatic carbocycles. The lowest BCUT2D eigenvalue weighted by Crippen LogP contribution is -2.37. The van der Waals surface area contributed by atoms with E-state index in [9.17, 15) is 13.6 Å². The molecule has 3 aromatic carbocycles. The number of hydrogen-bond acceptors (Lipinski definition) is 3. The molecular weight excluding hydrogens is 422 g/mol. The Morgan fingerprint density at radius 1 is 1.06 bits per heavy atom. The highest BCUT2D eigenvalue weighted by Crippen LogP contribution is 2.22. The van der Waals surface area contributed by atoms with Gasteiger partial charge in [-0.15, -0.1) is 0 Å². The molecule has 4 rings (SSSR count). The molecule has 0 radical (unpaired) electrons. The number of rotatable bonds is 6. The molecule has 0 aromatic heterocycles. The number of hydrogen-bond donors (Lipinski definition) is 0. The van der Waals surface area contributed by atoms with Gasteiger partial charge in [-0.05, 0) is 42.0 Å². The number of amides is 1. The molecule has 3 aromatic rings. The first kappa shape index (κ1) is 21.0. The third kappa shape index (κ3) is 5.09. The monoisotopic (exact) mass is 440 g/mol. The molecule has 0 fully saturated rings. The van der Waals surface area contributed by atoms with Crippen LogP contribution in [-0.4, -0.2) is 29.2 Å². The van der Waals surface area contributed by atoms with Crippen molar-refractivity contribution in [1.82, 2.24) is 4.90 Å². The maximum absolute atomic E-state index is 14.3. The second-order valence-electron chi connectivity index (χ2n) is 7.28. The van der Waals surface area contributed by atoms with Gasteiger partial charge in [-0.25, -0.2) is 8.78 Å². The van der Waals surface area contributed by atoms with Gasteiger partial charge in [-0.3, -0.25) is 4.79 Å². The molecule has 1 aliphatic heterocycles. The molecular formula is C24H19ClF2N2O2. The number of oxime groups is 1. The fourth-order valence-electron chi connectivity index (χ4n) is 3.49. The van der Waals surface area contributed by atoms with E-state index in [-0.39, 0.29) is 24.5 Å². The number of carbonyl (C=O) groups is 1. The van der Waals surface area contributed by atoms with E-state index in [1.165, 1.54) is 35.2 Å². The Bertz CT molecular complexity index is 1140. The Morgan fingerprint density at radius 2 is 1.87 bits per heavy atom. The first-order chi connectivity index (χ1) is 15.0. The van der Waals surface area contributed by atoms with Crippen LogP contribution in [0.4, 0.5) is 8.78 Å². The number of carbonyl (C=O) groups excluding carboxylic acids is 1. The van der Waals surface area contributed by atoms with Gasteiger partial charge in [-0.2, -0.15) is 0 Å². The first-order valence-corrected chi connectivity index (χ1v) is 10.1. The van der Waals surface area contributed by atoms with E-state index >= 15 is 0 Å². The smallest absolute Gasteiger partial charge is 0.257 e. The summed E-state index contributed by atoms with van der Waals surface area (Å²) in [4.78, 5) is 20.2. The van der Waals surface area contributed by atoms with E-state index < -0.39 is 17.8 Å². The van der Waals surface area contributed by atoms with Crippen LogP contribution in [0.3, 0.4) is 0 Å². The highest BCUT2D eigenvalue weighted by atomic mass is 35.5. The van der Waals surface area contributed by atoms with Gasteiger partial charge in [0, 0.05) is 23.6 Å². The summed E-state index contributed by atoms with van der Waals surface area (Å²) in [6.07, 6.45) is -0.0340. The molecule has 7 heteroatoms. The zero-order valence-electron chi connectivity index (χ0n) is 16.5. The SMILES string of the molecule is O=C(c1ccccc1F)N(Cc1cccc(Cl)c1)CC1CC(c2cccc(F)c2)=NO1. The van der Waals surface area contributed by atoms with Gasteiger partial charge in [0.2, 0.25) is 0 Å². The normalized spacial score (nSPS) is 15.3. The Morgan fingerprint density at radius 3 is 2.65 bits per heavy atom. The molecule has 4 nitrogen and oxygen atoms in total. The summed E-state index contributed by atoms with van der Waals surface area (Å²) in [5.74, 6) is -1.41. The molecule has 1 amide bonds. The number of benzene rings is 3. The molecule has 158 valence electrons. The van der Waals surface area contributed by atoms with Crippen LogP contribution in [0.1, 0.15) is 27.9 Å². The first-order valence-electron chi connectivity index (χ1n) is 9.76. The zero-order valence-corrected chi connectivity index (χ0v) is 17.2. The van der Waals surface area contributed by atoms with Crippen LogP contribution in [-0.2, 0) is 11.4 Å². The van der Waals surface area contributed by atoms with Crippen molar-refractivity contribution in [1.29, 1.82) is 0 Å². The predicted octanol–water partition coefficient (Wildman–Crippen LogP) is 5.45. The third-order valence-corrected chi connectivity index (χ3v) is 5.20. The molecule has 0 spiro atoms. The van der Waals surface area contributed by atoms with Crippen molar-refractivity contribution >= 4 is 23.2 Å². The molecule has 1 atom stereocenters. The summed E-state index contributed by atoms with van der Waals surface area (Å²) in [7, 11) is 0. The standard InChI is InChI=1S/C24H19ClF2N2O2/c25-18-7-3-5-16(11-18)14-29(24(30)21-9-1-2-10-22(21)27)15-20-13-23(28-31-20)17-6-4-8-19(26)12-17/h1-12,20H,13-15H2. The molecule has 1 heterocycles. The van der Waals surface area contributed by atoms with E-state index in [4.69, 9.17) is 16.4 Å². The van der Waals surface area contributed by atoms with Crippen LogP contribution in [0.5, 0.6) is 0 Å². The highest BCUT2D eigenvalue weighted by Gasteiger charge is 2.28. The summed E-state index contributed by atoms with van der Waals surface area (Å²) >= 11 is 6.08. The molecule has 1 unspecified atom stereocenters. The van der Waals surface area contributed by atoms with E-state index in [1.807, 2.05) is 6.07 Å². The molecule has 0 bridgehead atoms. The molecule has 31 heavy (non-hydrogen) atoms. The fourth-order valence-corrected chi connectivity index (χ4v) is 3.70. The minimum Gasteiger partial charge on any atom is -0.390 e. The fraction of sp³-hybridized carbons (Fsp3) is 0.167. The Balaban J connectivity index is 1.53. The topological polar surface area (TPSA) is 41.9 Å². The van der Waals surface area contributed by atoms with Crippen LogP contribution >= 0.6 is 11.6 Å². The third-order valence-electron chi connectivity index (χ3n) is 4.97. The average Bonchev–Trinajstić information content (AvgIpc) is 3.22. The lowest BCUT2D eigenvalue weighted by Gasteiger charge is -2.25. The van der Waals surface area contributed by atoms with E-state index in [2.05, 4.69) is 5.16 Å².